The monoisotopic (exact) mass is 283 g/mol. The Balaban J connectivity index is 1.86. The Morgan fingerprint density at radius 3 is 2.62 bits per heavy atom. The van der Waals surface area contributed by atoms with Crippen LogP contribution in [0.2, 0.25) is 0 Å². The zero-order valence-electron chi connectivity index (χ0n) is 12.3. The fourth-order valence-corrected chi connectivity index (χ4v) is 2.11. The van der Waals surface area contributed by atoms with Gasteiger partial charge < -0.3 is 11.1 Å². The predicted molar refractivity (Wildman–Crippen MR) is 83.6 cm³/mol. The normalized spacial score (nSPS) is 11.9. The van der Waals surface area contributed by atoms with Gasteiger partial charge in [-0.05, 0) is 29.5 Å². The van der Waals surface area contributed by atoms with E-state index in [0.29, 0.717) is 13.0 Å². The molecule has 0 bridgehead atoms. The van der Waals surface area contributed by atoms with Crippen LogP contribution in [0.15, 0.2) is 48.8 Å². The van der Waals surface area contributed by atoms with Gasteiger partial charge in [-0.3, -0.25) is 9.78 Å². The molecule has 3 N–H and O–H groups in total. The topological polar surface area (TPSA) is 68.0 Å². The van der Waals surface area contributed by atoms with E-state index in [-0.39, 0.29) is 5.91 Å². The number of nitrogens with two attached hydrogens (primary N) is 1. The lowest BCUT2D eigenvalue weighted by Crippen LogP contribution is -2.41. The molecular formula is C17H21N3O. The highest BCUT2D eigenvalue weighted by molar-refractivity contribution is 5.81. The number of hydrogen-bond donors (Lipinski definition) is 2. The van der Waals surface area contributed by atoms with E-state index in [9.17, 15) is 4.79 Å². The molecule has 1 aromatic carbocycles. The number of amides is 1. The molecule has 0 saturated heterocycles. The van der Waals surface area contributed by atoms with Crippen molar-refractivity contribution in [3.8, 4) is 0 Å². The molecule has 4 nitrogen and oxygen atoms in total. The zero-order valence-corrected chi connectivity index (χ0v) is 12.3. The quantitative estimate of drug-likeness (QED) is 0.850. The summed E-state index contributed by atoms with van der Waals surface area (Å²) in [4.78, 5) is 16.2. The number of nitrogens with one attached hydrogen (secondary N) is 1. The van der Waals surface area contributed by atoms with Crippen molar-refractivity contribution in [1.82, 2.24) is 10.3 Å². The molecule has 2 aromatic rings. The Morgan fingerprint density at radius 1 is 1.19 bits per heavy atom. The van der Waals surface area contributed by atoms with Gasteiger partial charge in [0.2, 0.25) is 5.91 Å². The minimum atomic E-state index is -0.533. The maximum Gasteiger partial charge on any atom is 0.237 e. The van der Waals surface area contributed by atoms with Crippen LogP contribution < -0.4 is 11.1 Å². The molecule has 0 fully saturated rings. The van der Waals surface area contributed by atoms with Crippen LogP contribution in [0.1, 0.15) is 23.6 Å². The third-order valence-electron chi connectivity index (χ3n) is 3.36. The van der Waals surface area contributed by atoms with E-state index in [4.69, 9.17) is 5.73 Å². The highest BCUT2D eigenvalue weighted by Gasteiger charge is 2.13. The molecule has 0 spiro atoms. The summed E-state index contributed by atoms with van der Waals surface area (Å²) in [7, 11) is 0. The second-order valence-electron chi connectivity index (χ2n) is 5.07. The van der Waals surface area contributed by atoms with Gasteiger partial charge in [0.05, 0.1) is 6.04 Å². The molecule has 1 amide bonds. The van der Waals surface area contributed by atoms with Gasteiger partial charge in [-0.15, -0.1) is 0 Å². The van der Waals surface area contributed by atoms with E-state index in [1.165, 1.54) is 0 Å². The number of benzene rings is 1. The molecule has 0 radical (unpaired) electrons. The van der Waals surface area contributed by atoms with Crippen LogP contribution in [0.5, 0.6) is 0 Å². The number of hydrogen-bond acceptors (Lipinski definition) is 3. The zero-order chi connectivity index (χ0) is 15.1. The Kier molecular flexibility index (Phi) is 5.46. The average Bonchev–Trinajstić information content (AvgIpc) is 2.53. The van der Waals surface area contributed by atoms with Gasteiger partial charge >= 0.3 is 0 Å². The van der Waals surface area contributed by atoms with Crippen molar-refractivity contribution < 1.29 is 4.79 Å². The van der Waals surface area contributed by atoms with Crippen molar-refractivity contribution in [2.45, 2.75) is 32.4 Å². The lowest BCUT2D eigenvalue weighted by molar-refractivity contribution is -0.122. The van der Waals surface area contributed by atoms with Gasteiger partial charge in [-0.2, -0.15) is 0 Å². The molecule has 0 aliphatic carbocycles. The summed E-state index contributed by atoms with van der Waals surface area (Å²) in [5.41, 5.74) is 9.16. The number of nitrogens with zero attached hydrogens (tertiary/aromatic N) is 1. The summed E-state index contributed by atoms with van der Waals surface area (Å²) in [6.07, 6.45) is 5.08. The van der Waals surface area contributed by atoms with Crippen LogP contribution in [0.4, 0.5) is 0 Å². The number of aryl methyl sites for hydroxylation is 1. The van der Waals surface area contributed by atoms with Gasteiger partial charge in [0.25, 0.3) is 0 Å². The summed E-state index contributed by atoms with van der Waals surface area (Å²) in [6, 6.07) is 11.3. The second kappa shape index (κ2) is 7.55. The molecule has 0 saturated carbocycles. The lowest BCUT2D eigenvalue weighted by atomic mass is 10.1. The third kappa shape index (κ3) is 4.68. The Hall–Kier alpha value is -2.20. The first kappa shape index (κ1) is 15.2. The molecule has 2 rings (SSSR count). The summed E-state index contributed by atoms with van der Waals surface area (Å²) in [5.74, 6) is -0.138. The summed E-state index contributed by atoms with van der Waals surface area (Å²) in [5, 5.41) is 2.87. The van der Waals surface area contributed by atoms with E-state index >= 15 is 0 Å². The Labute approximate surface area is 125 Å². The van der Waals surface area contributed by atoms with Gasteiger partial charge in [-0.25, -0.2) is 0 Å². The first-order chi connectivity index (χ1) is 10.2. The number of carbonyl (C=O) groups excluding carboxylic acids is 1. The predicted octanol–water partition coefficient (Wildman–Crippen LogP) is 1.83. The van der Waals surface area contributed by atoms with Crippen LogP contribution >= 0.6 is 0 Å². The van der Waals surface area contributed by atoms with Crippen molar-refractivity contribution in [2.24, 2.45) is 5.73 Å². The molecule has 0 unspecified atom stereocenters. The average molecular weight is 283 g/mol. The SMILES string of the molecule is CCc1cncc(CNC(=O)[C@@H](N)Cc2ccccc2)c1. The fraction of sp³-hybridized carbons (Fsp3) is 0.294. The molecule has 21 heavy (non-hydrogen) atoms. The Bertz CT molecular complexity index is 584. The highest BCUT2D eigenvalue weighted by Crippen LogP contribution is 2.04. The molecule has 1 atom stereocenters. The third-order valence-corrected chi connectivity index (χ3v) is 3.36. The standard InChI is InChI=1S/C17H21N3O/c1-2-13-8-15(11-19-10-13)12-20-17(21)16(18)9-14-6-4-3-5-7-14/h3-8,10-11,16H,2,9,12,18H2,1H3,(H,20,21)/t16-/m0/s1. The molecular weight excluding hydrogens is 262 g/mol. The first-order valence-corrected chi connectivity index (χ1v) is 7.19. The molecule has 0 aliphatic heterocycles. The minimum Gasteiger partial charge on any atom is -0.351 e. The maximum absolute atomic E-state index is 12.0. The van der Waals surface area contributed by atoms with Crippen molar-refractivity contribution in [2.75, 3.05) is 0 Å². The van der Waals surface area contributed by atoms with Crippen molar-refractivity contribution in [3.05, 3.63) is 65.5 Å². The highest BCUT2D eigenvalue weighted by atomic mass is 16.2. The van der Waals surface area contributed by atoms with Crippen molar-refractivity contribution >= 4 is 5.91 Å². The summed E-state index contributed by atoms with van der Waals surface area (Å²) >= 11 is 0. The van der Waals surface area contributed by atoms with Crippen LogP contribution in [0.25, 0.3) is 0 Å². The summed E-state index contributed by atoms with van der Waals surface area (Å²) in [6.45, 7) is 2.54. The van der Waals surface area contributed by atoms with E-state index in [1.807, 2.05) is 36.5 Å². The number of rotatable bonds is 6. The minimum absolute atomic E-state index is 0.138. The van der Waals surface area contributed by atoms with Gasteiger partial charge in [0.1, 0.15) is 0 Å². The smallest absolute Gasteiger partial charge is 0.237 e. The van der Waals surface area contributed by atoms with Gasteiger partial charge in [0.15, 0.2) is 0 Å². The second-order valence-corrected chi connectivity index (χ2v) is 5.07. The van der Waals surface area contributed by atoms with E-state index in [1.54, 1.807) is 6.20 Å². The first-order valence-electron chi connectivity index (χ1n) is 7.19. The summed E-state index contributed by atoms with van der Waals surface area (Å²) < 4.78 is 0. The number of pyridine rings is 1. The van der Waals surface area contributed by atoms with Crippen LogP contribution in [0.3, 0.4) is 0 Å². The molecule has 1 aromatic heterocycles. The van der Waals surface area contributed by atoms with Crippen LogP contribution in [-0.4, -0.2) is 16.9 Å². The molecule has 4 heteroatoms. The Morgan fingerprint density at radius 2 is 1.90 bits per heavy atom. The molecule has 110 valence electrons. The lowest BCUT2D eigenvalue weighted by Gasteiger charge is -2.12. The molecule has 1 heterocycles. The number of aromatic nitrogens is 1. The fourth-order valence-electron chi connectivity index (χ4n) is 2.11. The van der Waals surface area contributed by atoms with E-state index < -0.39 is 6.04 Å². The van der Waals surface area contributed by atoms with Crippen LogP contribution in [-0.2, 0) is 24.2 Å². The van der Waals surface area contributed by atoms with E-state index in [0.717, 1.165) is 23.1 Å². The van der Waals surface area contributed by atoms with Crippen molar-refractivity contribution in [1.29, 1.82) is 0 Å². The molecule has 0 aliphatic rings. The number of carbonyl (C=O) groups is 1. The van der Waals surface area contributed by atoms with Gasteiger partial charge in [0, 0.05) is 18.9 Å². The van der Waals surface area contributed by atoms with Crippen molar-refractivity contribution in [3.63, 3.8) is 0 Å². The van der Waals surface area contributed by atoms with Crippen LogP contribution in [0, 0.1) is 0 Å². The largest absolute Gasteiger partial charge is 0.351 e. The van der Waals surface area contributed by atoms with Gasteiger partial charge in [-0.1, -0.05) is 43.3 Å². The van der Waals surface area contributed by atoms with E-state index in [2.05, 4.69) is 23.3 Å². The maximum atomic E-state index is 12.0.